The van der Waals surface area contributed by atoms with Crippen molar-refractivity contribution in [2.45, 2.75) is 6.92 Å². The van der Waals surface area contributed by atoms with Crippen LogP contribution in [0.1, 0.15) is 4.88 Å². The van der Waals surface area contributed by atoms with Crippen molar-refractivity contribution in [3.05, 3.63) is 33.9 Å². The summed E-state index contributed by atoms with van der Waals surface area (Å²) in [6.45, 7) is 2.01. The molecule has 2 nitrogen and oxygen atoms in total. The molecule has 0 unspecified atom stereocenters. The molecule has 0 aliphatic carbocycles. The molecule has 0 aliphatic heterocycles. The van der Waals surface area contributed by atoms with E-state index in [2.05, 4.69) is 9.97 Å². The molecule has 0 atom stereocenters. The molecular weight excluding hydrogens is 204 g/mol. The summed E-state index contributed by atoms with van der Waals surface area (Å²) in [5.41, 5.74) is 1.95. The lowest BCUT2D eigenvalue weighted by Crippen LogP contribution is -1.80. The third-order valence-electron chi connectivity index (χ3n) is 1.71. The summed E-state index contributed by atoms with van der Waals surface area (Å²) in [6, 6.07) is 3.87. The lowest BCUT2D eigenvalue weighted by atomic mass is 10.2. The van der Waals surface area contributed by atoms with Crippen LogP contribution in [0.5, 0.6) is 0 Å². The van der Waals surface area contributed by atoms with E-state index in [1.54, 1.807) is 12.4 Å². The average molecular weight is 211 g/mol. The Morgan fingerprint density at radius 2 is 2.31 bits per heavy atom. The predicted molar refractivity (Wildman–Crippen MR) is 55.1 cm³/mol. The Labute approximate surface area is 85.2 Å². The largest absolute Gasteiger partial charge is 0.264 e. The maximum atomic E-state index is 5.80. The molecule has 0 saturated carbocycles. The standard InChI is InChI=1S/C9H7ClN2S/c1-6-8(12-9(10)13-6)7-3-2-4-11-5-7/h2-5H,1H3. The summed E-state index contributed by atoms with van der Waals surface area (Å²) < 4.78 is 0.580. The number of nitrogens with zero attached hydrogens (tertiary/aromatic N) is 2. The molecule has 0 bridgehead atoms. The van der Waals surface area contributed by atoms with Gasteiger partial charge >= 0.3 is 0 Å². The number of hydrogen-bond donors (Lipinski definition) is 0. The summed E-state index contributed by atoms with van der Waals surface area (Å²) >= 11 is 7.29. The molecule has 4 heteroatoms. The van der Waals surface area contributed by atoms with Gasteiger partial charge in [-0.25, -0.2) is 4.98 Å². The van der Waals surface area contributed by atoms with Crippen molar-refractivity contribution in [2.24, 2.45) is 0 Å². The molecule has 2 aromatic rings. The zero-order valence-electron chi connectivity index (χ0n) is 6.99. The van der Waals surface area contributed by atoms with E-state index in [4.69, 9.17) is 11.6 Å². The molecule has 2 heterocycles. The van der Waals surface area contributed by atoms with Gasteiger partial charge < -0.3 is 0 Å². The van der Waals surface area contributed by atoms with Gasteiger partial charge in [0.25, 0.3) is 0 Å². The van der Waals surface area contributed by atoms with Gasteiger partial charge in [0.2, 0.25) is 0 Å². The Hall–Kier alpha value is -0.930. The minimum atomic E-state index is 0.580. The van der Waals surface area contributed by atoms with E-state index in [1.165, 1.54) is 11.3 Å². The fourth-order valence-electron chi connectivity index (χ4n) is 1.13. The van der Waals surface area contributed by atoms with E-state index >= 15 is 0 Å². The van der Waals surface area contributed by atoms with Gasteiger partial charge in [-0.1, -0.05) is 11.6 Å². The van der Waals surface area contributed by atoms with Crippen LogP contribution in [0.2, 0.25) is 4.47 Å². The zero-order valence-corrected chi connectivity index (χ0v) is 8.56. The maximum Gasteiger partial charge on any atom is 0.184 e. The second kappa shape index (κ2) is 3.44. The molecule has 2 rings (SSSR count). The van der Waals surface area contributed by atoms with Gasteiger partial charge in [-0.2, -0.15) is 0 Å². The van der Waals surface area contributed by atoms with Gasteiger partial charge in [-0.05, 0) is 19.1 Å². The lowest BCUT2D eigenvalue weighted by molar-refractivity contribution is 1.29. The fraction of sp³-hybridized carbons (Fsp3) is 0.111. The smallest absolute Gasteiger partial charge is 0.184 e. The first-order valence-electron chi connectivity index (χ1n) is 3.80. The summed E-state index contributed by atoms with van der Waals surface area (Å²) in [6.07, 6.45) is 3.53. The average Bonchev–Trinajstić information content (AvgIpc) is 2.47. The topological polar surface area (TPSA) is 25.8 Å². The fourth-order valence-corrected chi connectivity index (χ4v) is 2.22. The van der Waals surface area contributed by atoms with E-state index in [0.717, 1.165) is 16.1 Å². The number of aryl methyl sites for hydroxylation is 1. The van der Waals surface area contributed by atoms with Crippen LogP contribution in [0.3, 0.4) is 0 Å². The van der Waals surface area contributed by atoms with Gasteiger partial charge in [0.05, 0.1) is 5.69 Å². The number of aromatic nitrogens is 2. The Bertz CT molecular complexity index is 411. The van der Waals surface area contributed by atoms with Crippen molar-refractivity contribution in [1.82, 2.24) is 9.97 Å². The summed E-state index contributed by atoms with van der Waals surface area (Å²) in [5.74, 6) is 0. The van der Waals surface area contributed by atoms with Crippen molar-refractivity contribution in [3.63, 3.8) is 0 Å². The second-order valence-corrected chi connectivity index (χ2v) is 4.40. The highest BCUT2D eigenvalue weighted by atomic mass is 35.5. The van der Waals surface area contributed by atoms with Crippen LogP contribution in [-0.4, -0.2) is 9.97 Å². The Morgan fingerprint density at radius 1 is 1.46 bits per heavy atom. The lowest BCUT2D eigenvalue weighted by Gasteiger charge is -1.95. The van der Waals surface area contributed by atoms with E-state index in [1.807, 2.05) is 19.1 Å². The molecule has 66 valence electrons. The van der Waals surface area contributed by atoms with Crippen molar-refractivity contribution in [1.29, 1.82) is 0 Å². The first-order chi connectivity index (χ1) is 6.27. The van der Waals surface area contributed by atoms with Gasteiger partial charge in [0, 0.05) is 22.8 Å². The normalized spacial score (nSPS) is 10.3. The maximum absolute atomic E-state index is 5.80. The Balaban J connectivity index is 2.53. The molecule has 0 N–H and O–H groups in total. The van der Waals surface area contributed by atoms with E-state index in [-0.39, 0.29) is 0 Å². The van der Waals surface area contributed by atoms with Crippen molar-refractivity contribution in [3.8, 4) is 11.3 Å². The third-order valence-corrected chi connectivity index (χ3v) is 2.78. The molecule has 0 spiro atoms. The monoisotopic (exact) mass is 210 g/mol. The molecule has 0 aromatic carbocycles. The van der Waals surface area contributed by atoms with E-state index < -0.39 is 0 Å². The zero-order chi connectivity index (χ0) is 9.26. The number of rotatable bonds is 1. The Kier molecular flexibility index (Phi) is 2.29. The van der Waals surface area contributed by atoms with Crippen molar-refractivity contribution in [2.75, 3.05) is 0 Å². The highest BCUT2D eigenvalue weighted by Crippen LogP contribution is 2.29. The number of hydrogen-bond acceptors (Lipinski definition) is 3. The van der Waals surface area contributed by atoms with Crippen LogP contribution in [-0.2, 0) is 0 Å². The Morgan fingerprint density at radius 3 is 2.85 bits per heavy atom. The second-order valence-electron chi connectivity index (χ2n) is 2.61. The molecule has 0 fully saturated rings. The molecule has 0 amide bonds. The SMILES string of the molecule is Cc1sc(Cl)nc1-c1cccnc1. The van der Waals surface area contributed by atoms with Crippen LogP contribution in [0, 0.1) is 6.92 Å². The molecule has 0 radical (unpaired) electrons. The van der Waals surface area contributed by atoms with Crippen molar-refractivity contribution < 1.29 is 0 Å². The minimum Gasteiger partial charge on any atom is -0.264 e. The summed E-state index contributed by atoms with van der Waals surface area (Å²) in [5, 5.41) is 0. The van der Waals surface area contributed by atoms with Crippen LogP contribution in [0.25, 0.3) is 11.3 Å². The molecule has 13 heavy (non-hydrogen) atoms. The summed E-state index contributed by atoms with van der Waals surface area (Å²) in [7, 11) is 0. The van der Waals surface area contributed by atoms with Crippen LogP contribution in [0.15, 0.2) is 24.5 Å². The summed E-state index contributed by atoms with van der Waals surface area (Å²) in [4.78, 5) is 9.38. The van der Waals surface area contributed by atoms with Crippen LogP contribution in [0.4, 0.5) is 0 Å². The molecular formula is C9H7ClN2S. The molecule has 0 saturated heterocycles. The quantitative estimate of drug-likeness (QED) is 0.723. The van der Waals surface area contributed by atoms with Gasteiger partial charge in [0.1, 0.15) is 0 Å². The van der Waals surface area contributed by atoms with Crippen LogP contribution >= 0.6 is 22.9 Å². The van der Waals surface area contributed by atoms with Crippen molar-refractivity contribution >= 4 is 22.9 Å². The van der Waals surface area contributed by atoms with E-state index in [0.29, 0.717) is 4.47 Å². The first-order valence-corrected chi connectivity index (χ1v) is 5.00. The predicted octanol–water partition coefficient (Wildman–Crippen LogP) is 3.17. The number of halogens is 1. The van der Waals surface area contributed by atoms with Crippen LogP contribution < -0.4 is 0 Å². The first kappa shape index (κ1) is 8.66. The van der Waals surface area contributed by atoms with Gasteiger partial charge in [-0.3, -0.25) is 4.98 Å². The highest BCUT2D eigenvalue weighted by molar-refractivity contribution is 7.16. The third kappa shape index (κ3) is 1.71. The van der Waals surface area contributed by atoms with E-state index in [9.17, 15) is 0 Å². The van der Waals surface area contributed by atoms with Gasteiger partial charge in [0.15, 0.2) is 4.47 Å². The highest BCUT2D eigenvalue weighted by Gasteiger charge is 2.07. The van der Waals surface area contributed by atoms with Gasteiger partial charge in [-0.15, -0.1) is 11.3 Å². The number of pyridine rings is 1. The minimum absolute atomic E-state index is 0.580. The molecule has 0 aliphatic rings. The number of thiazole rings is 1. The molecule has 2 aromatic heterocycles.